The second-order valence-corrected chi connectivity index (χ2v) is 6.27. The number of amides is 2. The summed E-state index contributed by atoms with van der Waals surface area (Å²) in [5.74, 6) is 0.302. The number of carbonyl (C=O) groups excluding carboxylic acids is 2. The first kappa shape index (κ1) is 16.9. The van der Waals surface area contributed by atoms with Crippen molar-refractivity contribution in [2.45, 2.75) is 38.3 Å². The molecular weight excluding hydrogens is 298 g/mol. The molecule has 1 fully saturated rings. The third kappa shape index (κ3) is 4.51. The van der Waals surface area contributed by atoms with Gasteiger partial charge < -0.3 is 14.8 Å². The summed E-state index contributed by atoms with van der Waals surface area (Å²) in [6, 6.07) is 6.65. The van der Waals surface area contributed by atoms with E-state index in [1.807, 2.05) is 24.3 Å². The van der Waals surface area contributed by atoms with Gasteiger partial charge >= 0.3 is 6.09 Å². The lowest BCUT2D eigenvalue weighted by atomic mass is 9.94. The SMILES string of the molecule is COc1ccc([C@@H]2CNC(=O)[C@H]2N=NC(=O)OC(C)(C)C)cc1. The Morgan fingerprint density at radius 3 is 2.48 bits per heavy atom. The molecule has 7 heteroatoms. The van der Waals surface area contributed by atoms with E-state index in [1.165, 1.54) is 0 Å². The van der Waals surface area contributed by atoms with Crippen molar-refractivity contribution in [3.8, 4) is 5.75 Å². The average Bonchev–Trinajstić information content (AvgIpc) is 2.84. The van der Waals surface area contributed by atoms with Gasteiger partial charge in [0, 0.05) is 12.5 Å². The third-order valence-corrected chi connectivity index (χ3v) is 3.35. The van der Waals surface area contributed by atoms with E-state index < -0.39 is 17.7 Å². The molecule has 0 unspecified atom stereocenters. The maximum atomic E-state index is 11.9. The van der Waals surface area contributed by atoms with Crippen molar-refractivity contribution >= 4 is 12.0 Å². The van der Waals surface area contributed by atoms with Crippen LogP contribution in [0.1, 0.15) is 32.3 Å². The molecule has 1 aromatic rings. The summed E-state index contributed by atoms with van der Waals surface area (Å²) in [6.45, 7) is 5.66. The van der Waals surface area contributed by atoms with E-state index >= 15 is 0 Å². The van der Waals surface area contributed by atoms with Crippen LogP contribution >= 0.6 is 0 Å². The van der Waals surface area contributed by atoms with Crippen LogP contribution in [0.2, 0.25) is 0 Å². The van der Waals surface area contributed by atoms with Crippen molar-refractivity contribution in [1.29, 1.82) is 0 Å². The molecule has 7 nitrogen and oxygen atoms in total. The first-order chi connectivity index (χ1) is 10.8. The Kier molecular flexibility index (Phi) is 4.98. The van der Waals surface area contributed by atoms with Gasteiger partial charge in [0.05, 0.1) is 7.11 Å². The van der Waals surface area contributed by atoms with Gasteiger partial charge in [0.2, 0.25) is 5.91 Å². The minimum Gasteiger partial charge on any atom is -0.497 e. The van der Waals surface area contributed by atoms with Gasteiger partial charge in [-0.15, -0.1) is 0 Å². The molecule has 23 heavy (non-hydrogen) atoms. The molecule has 1 aromatic carbocycles. The molecule has 1 saturated heterocycles. The minimum atomic E-state index is -0.800. The van der Waals surface area contributed by atoms with E-state index in [4.69, 9.17) is 9.47 Å². The number of methoxy groups -OCH3 is 1. The van der Waals surface area contributed by atoms with Gasteiger partial charge in [-0.2, -0.15) is 5.11 Å². The van der Waals surface area contributed by atoms with Crippen molar-refractivity contribution in [3.63, 3.8) is 0 Å². The number of nitrogens with one attached hydrogen (secondary N) is 1. The lowest BCUT2D eigenvalue weighted by Gasteiger charge is -2.17. The molecule has 0 aromatic heterocycles. The molecule has 2 rings (SSSR count). The molecule has 1 aliphatic heterocycles. The fourth-order valence-electron chi connectivity index (χ4n) is 2.29. The van der Waals surface area contributed by atoms with Crippen LogP contribution < -0.4 is 10.1 Å². The summed E-state index contributed by atoms with van der Waals surface area (Å²) < 4.78 is 10.2. The number of hydrogen-bond donors (Lipinski definition) is 1. The summed E-state index contributed by atoms with van der Waals surface area (Å²) in [7, 11) is 1.59. The van der Waals surface area contributed by atoms with E-state index in [2.05, 4.69) is 15.5 Å². The highest BCUT2D eigenvalue weighted by atomic mass is 16.6. The maximum Gasteiger partial charge on any atom is 0.452 e. The summed E-state index contributed by atoms with van der Waals surface area (Å²) in [5, 5.41) is 10.2. The van der Waals surface area contributed by atoms with E-state index in [0.717, 1.165) is 11.3 Å². The van der Waals surface area contributed by atoms with Gasteiger partial charge in [0.1, 0.15) is 11.4 Å². The van der Waals surface area contributed by atoms with Crippen LogP contribution in [0.4, 0.5) is 4.79 Å². The fraction of sp³-hybridized carbons (Fsp3) is 0.500. The number of azo groups is 1. The summed E-state index contributed by atoms with van der Waals surface area (Å²) in [4.78, 5) is 23.6. The lowest BCUT2D eigenvalue weighted by Crippen LogP contribution is -2.24. The monoisotopic (exact) mass is 319 g/mol. The topological polar surface area (TPSA) is 89.4 Å². The minimum absolute atomic E-state index is 0.181. The Bertz CT molecular complexity index is 605. The molecule has 1 N–H and O–H groups in total. The standard InChI is InChI=1S/C16H21N3O4/c1-16(2,3)23-15(21)19-18-13-12(9-17-14(13)20)10-5-7-11(22-4)8-6-10/h5-8,12-13H,9H2,1-4H3,(H,17,20)/t12-,13-/m0/s1. The number of hydrogen-bond acceptors (Lipinski definition) is 5. The highest BCUT2D eigenvalue weighted by Crippen LogP contribution is 2.28. The zero-order chi connectivity index (χ0) is 17.0. The van der Waals surface area contributed by atoms with Gasteiger partial charge in [0.25, 0.3) is 0 Å². The van der Waals surface area contributed by atoms with Crippen LogP contribution in [-0.2, 0) is 9.53 Å². The van der Waals surface area contributed by atoms with Crippen LogP contribution in [-0.4, -0.2) is 37.3 Å². The predicted octanol–water partition coefficient (Wildman–Crippen LogP) is 2.66. The van der Waals surface area contributed by atoms with Gasteiger partial charge in [-0.05, 0) is 38.5 Å². The molecule has 0 spiro atoms. The van der Waals surface area contributed by atoms with E-state index in [-0.39, 0.29) is 11.8 Å². The lowest BCUT2D eigenvalue weighted by molar-refractivity contribution is -0.120. The molecule has 0 aliphatic carbocycles. The van der Waals surface area contributed by atoms with E-state index in [9.17, 15) is 9.59 Å². The second-order valence-electron chi connectivity index (χ2n) is 6.27. The van der Waals surface area contributed by atoms with Crippen molar-refractivity contribution in [2.75, 3.05) is 13.7 Å². The quantitative estimate of drug-likeness (QED) is 0.867. The molecular formula is C16H21N3O4. The van der Waals surface area contributed by atoms with Crippen LogP contribution in [0.15, 0.2) is 34.5 Å². The number of rotatable bonds is 3. The average molecular weight is 319 g/mol. The highest BCUT2D eigenvalue weighted by Gasteiger charge is 2.36. The summed E-state index contributed by atoms with van der Waals surface area (Å²) in [5.41, 5.74) is 0.279. The molecule has 124 valence electrons. The smallest absolute Gasteiger partial charge is 0.452 e. The van der Waals surface area contributed by atoms with Crippen LogP contribution in [0.3, 0.4) is 0 Å². The Morgan fingerprint density at radius 2 is 1.91 bits per heavy atom. The van der Waals surface area contributed by atoms with Crippen LogP contribution in [0.25, 0.3) is 0 Å². The maximum absolute atomic E-state index is 11.9. The van der Waals surface area contributed by atoms with Crippen molar-refractivity contribution in [3.05, 3.63) is 29.8 Å². The Balaban J connectivity index is 2.11. The number of benzene rings is 1. The largest absolute Gasteiger partial charge is 0.497 e. The van der Waals surface area contributed by atoms with Gasteiger partial charge in [-0.3, -0.25) is 4.79 Å². The zero-order valence-corrected chi connectivity index (χ0v) is 13.7. The van der Waals surface area contributed by atoms with Crippen molar-refractivity contribution in [2.24, 2.45) is 10.2 Å². The molecule has 1 aliphatic rings. The third-order valence-electron chi connectivity index (χ3n) is 3.35. The van der Waals surface area contributed by atoms with Gasteiger partial charge in [0.15, 0.2) is 6.04 Å². The molecule has 2 amide bonds. The Labute approximate surface area is 135 Å². The van der Waals surface area contributed by atoms with Gasteiger partial charge in [-0.1, -0.05) is 17.2 Å². The summed E-state index contributed by atoms with van der Waals surface area (Å²) in [6.07, 6.45) is -0.800. The van der Waals surface area contributed by atoms with E-state index in [0.29, 0.717) is 6.54 Å². The fourth-order valence-corrected chi connectivity index (χ4v) is 2.29. The van der Waals surface area contributed by atoms with Crippen LogP contribution in [0, 0.1) is 0 Å². The number of nitrogens with zero attached hydrogens (tertiary/aromatic N) is 2. The molecule has 1 heterocycles. The normalized spacial score (nSPS) is 21.3. The highest BCUT2D eigenvalue weighted by molar-refractivity contribution is 5.86. The summed E-state index contributed by atoms with van der Waals surface area (Å²) >= 11 is 0. The van der Waals surface area contributed by atoms with Crippen molar-refractivity contribution in [1.82, 2.24) is 5.32 Å². The zero-order valence-electron chi connectivity index (χ0n) is 13.7. The molecule has 0 bridgehead atoms. The molecule has 0 radical (unpaired) electrons. The second kappa shape index (κ2) is 6.76. The molecule has 0 saturated carbocycles. The first-order valence-electron chi connectivity index (χ1n) is 7.35. The van der Waals surface area contributed by atoms with Gasteiger partial charge in [-0.25, -0.2) is 4.79 Å². The number of ether oxygens (including phenoxy) is 2. The Morgan fingerprint density at radius 1 is 1.26 bits per heavy atom. The van der Waals surface area contributed by atoms with Crippen LogP contribution in [0.5, 0.6) is 5.75 Å². The molecule has 2 atom stereocenters. The Hall–Kier alpha value is -2.44. The van der Waals surface area contributed by atoms with E-state index in [1.54, 1.807) is 27.9 Å². The predicted molar refractivity (Wildman–Crippen MR) is 83.6 cm³/mol. The number of carbonyl (C=O) groups is 2. The van der Waals surface area contributed by atoms with Crippen molar-refractivity contribution < 1.29 is 19.1 Å². The first-order valence-corrected chi connectivity index (χ1v) is 7.35.